The molecule has 3 aromatic rings. The highest BCUT2D eigenvalue weighted by atomic mass is 19.1. The van der Waals surface area contributed by atoms with Crippen molar-refractivity contribution in [3.05, 3.63) is 89.3 Å². The average Bonchev–Trinajstić information content (AvgIpc) is 3.31. The smallest absolute Gasteiger partial charge is 0.274 e. The van der Waals surface area contributed by atoms with Gasteiger partial charge in [0.25, 0.3) is 5.91 Å². The minimum atomic E-state index is -0.284. The monoisotopic (exact) mass is 462 g/mol. The molecule has 1 aromatic heterocycles. The van der Waals surface area contributed by atoms with E-state index in [4.69, 9.17) is 4.74 Å². The summed E-state index contributed by atoms with van der Waals surface area (Å²) in [6.45, 7) is 2.34. The van der Waals surface area contributed by atoms with E-state index in [1.807, 2.05) is 34.9 Å². The number of ether oxygens (including phenoxy) is 1. The van der Waals surface area contributed by atoms with Crippen LogP contribution in [-0.4, -0.2) is 39.4 Å². The molecule has 2 aliphatic rings. The number of aromatic nitrogens is 2. The maximum atomic E-state index is 13.2. The number of nitrogens with one attached hydrogen (secondary N) is 1. The number of piperidine rings is 1. The summed E-state index contributed by atoms with van der Waals surface area (Å²) in [5.74, 6) is -0.465. The van der Waals surface area contributed by atoms with Gasteiger partial charge in [-0.3, -0.25) is 9.59 Å². The summed E-state index contributed by atoms with van der Waals surface area (Å²) < 4.78 is 21.1. The van der Waals surface area contributed by atoms with Crippen LogP contribution >= 0.6 is 0 Å². The van der Waals surface area contributed by atoms with Crippen molar-refractivity contribution in [3.8, 4) is 0 Å². The predicted octanol–water partition coefficient (Wildman–Crippen LogP) is 3.46. The van der Waals surface area contributed by atoms with Crippen molar-refractivity contribution in [1.82, 2.24) is 19.8 Å². The first-order valence-electron chi connectivity index (χ1n) is 11.6. The summed E-state index contributed by atoms with van der Waals surface area (Å²) in [5.41, 5.74) is 3.12. The quantitative estimate of drug-likeness (QED) is 0.630. The second kappa shape index (κ2) is 9.77. The Balaban J connectivity index is 1.16. The van der Waals surface area contributed by atoms with Crippen LogP contribution in [0, 0.1) is 11.7 Å². The maximum Gasteiger partial charge on any atom is 0.274 e. The third kappa shape index (κ3) is 4.72. The lowest BCUT2D eigenvalue weighted by atomic mass is 9.95. The van der Waals surface area contributed by atoms with Crippen molar-refractivity contribution >= 4 is 11.8 Å². The minimum absolute atomic E-state index is 0.0376. The van der Waals surface area contributed by atoms with Crippen molar-refractivity contribution in [2.24, 2.45) is 5.92 Å². The molecule has 3 heterocycles. The van der Waals surface area contributed by atoms with E-state index in [9.17, 15) is 14.0 Å². The van der Waals surface area contributed by atoms with E-state index in [0.29, 0.717) is 44.7 Å². The normalized spacial score (nSPS) is 18.4. The van der Waals surface area contributed by atoms with Gasteiger partial charge in [0, 0.05) is 25.6 Å². The molecule has 2 amide bonds. The number of fused-ring (bicyclic) bond motifs is 1. The fourth-order valence-corrected chi connectivity index (χ4v) is 4.61. The van der Waals surface area contributed by atoms with Crippen molar-refractivity contribution < 1.29 is 18.7 Å². The molecule has 34 heavy (non-hydrogen) atoms. The molecule has 1 fully saturated rings. The van der Waals surface area contributed by atoms with Crippen LogP contribution in [0.5, 0.6) is 0 Å². The summed E-state index contributed by atoms with van der Waals surface area (Å²) in [6, 6.07) is 16.1. The van der Waals surface area contributed by atoms with Crippen molar-refractivity contribution in [2.75, 3.05) is 13.1 Å². The highest BCUT2D eigenvalue weighted by Gasteiger charge is 2.32. The zero-order chi connectivity index (χ0) is 23.5. The van der Waals surface area contributed by atoms with E-state index in [0.717, 1.165) is 16.8 Å². The number of halogens is 1. The Morgan fingerprint density at radius 2 is 1.79 bits per heavy atom. The van der Waals surface area contributed by atoms with Crippen LogP contribution < -0.4 is 5.32 Å². The summed E-state index contributed by atoms with van der Waals surface area (Å²) in [4.78, 5) is 31.9. The van der Waals surface area contributed by atoms with Gasteiger partial charge in [0.1, 0.15) is 11.9 Å². The number of benzene rings is 2. The Bertz CT molecular complexity index is 1150. The number of amides is 2. The predicted molar refractivity (Wildman–Crippen MR) is 123 cm³/mol. The fraction of sp³-hybridized carbons (Fsp3) is 0.346. The van der Waals surface area contributed by atoms with E-state index in [1.165, 1.54) is 12.1 Å². The van der Waals surface area contributed by atoms with Gasteiger partial charge in [-0.05, 0) is 36.1 Å². The molecule has 176 valence electrons. The SMILES string of the molecule is O=C(NCc1ccccc1)C1CCN(C(=O)c2ncn3c2CO[C@H](c2ccc(F)cc2)C3)CC1. The van der Waals surface area contributed by atoms with Gasteiger partial charge in [-0.25, -0.2) is 9.37 Å². The average molecular weight is 463 g/mol. The van der Waals surface area contributed by atoms with Crippen LogP contribution in [0.4, 0.5) is 4.39 Å². The Kier molecular flexibility index (Phi) is 6.40. The van der Waals surface area contributed by atoms with E-state index >= 15 is 0 Å². The van der Waals surface area contributed by atoms with Crippen LogP contribution in [-0.2, 0) is 29.2 Å². The number of nitrogens with zero attached hydrogens (tertiary/aromatic N) is 3. The molecule has 2 aromatic carbocycles. The summed E-state index contributed by atoms with van der Waals surface area (Å²) in [6.07, 6.45) is 2.72. The zero-order valence-electron chi connectivity index (χ0n) is 18.8. The van der Waals surface area contributed by atoms with E-state index in [1.54, 1.807) is 23.4 Å². The molecule has 5 rings (SSSR count). The van der Waals surface area contributed by atoms with Crippen molar-refractivity contribution in [1.29, 1.82) is 0 Å². The summed E-state index contributed by atoms with van der Waals surface area (Å²) >= 11 is 0. The van der Waals surface area contributed by atoms with Gasteiger partial charge in [-0.2, -0.15) is 0 Å². The molecule has 0 radical (unpaired) electrons. The number of hydrogen-bond acceptors (Lipinski definition) is 4. The third-order valence-electron chi connectivity index (χ3n) is 6.64. The number of carbonyl (C=O) groups excluding carboxylic acids is 2. The van der Waals surface area contributed by atoms with Gasteiger partial charge in [-0.15, -0.1) is 0 Å². The van der Waals surface area contributed by atoms with Crippen molar-refractivity contribution in [3.63, 3.8) is 0 Å². The van der Waals surface area contributed by atoms with E-state index < -0.39 is 0 Å². The van der Waals surface area contributed by atoms with E-state index in [-0.39, 0.29) is 36.3 Å². The van der Waals surface area contributed by atoms with Crippen LogP contribution in [0.3, 0.4) is 0 Å². The number of likely N-dealkylation sites (tertiary alicyclic amines) is 1. The minimum Gasteiger partial charge on any atom is -0.365 e. The zero-order valence-corrected chi connectivity index (χ0v) is 18.8. The second-order valence-corrected chi connectivity index (χ2v) is 8.81. The molecule has 2 aliphatic heterocycles. The Hall–Kier alpha value is -3.52. The second-order valence-electron chi connectivity index (χ2n) is 8.81. The highest BCUT2D eigenvalue weighted by molar-refractivity contribution is 5.93. The van der Waals surface area contributed by atoms with Crippen LogP contribution in [0.25, 0.3) is 0 Å². The first-order valence-corrected chi connectivity index (χ1v) is 11.6. The van der Waals surface area contributed by atoms with Crippen LogP contribution in [0.2, 0.25) is 0 Å². The lowest BCUT2D eigenvalue weighted by Gasteiger charge is -2.31. The van der Waals surface area contributed by atoms with Gasteiger partial charge >= 0.3 is 0 Å². The molecule has 0 bridgehead atoms. The fourth-order valence-electron chi connectivity index (χ4n) is 4.61. The van der Waals surface area contributed by atoms with Crippen LogP contribution in [0.15, 0.2) is 60.9 Å². The third-order valence-corrected chi connectivity index (χ3v) is 6.64. The number of carbonyl (C=O) groups is 2. The summed E-state index contributed by atoms with van der Waals surface area (Å²) in [5, 5.41) is 3.01. The van der Waals surface area contributed by atoms with E-state index in [2.05, 4.69) is 10.3 Å². The molecule has 0 unspecified atom stereocenters. The lowest BCUT2D eigenvalue weighted by Crippen LogP contribution is -2.43. The standard InChI is InChI=1S/C26H27FN4O3/c27-21-8-6-19(7-9-21)23-15-31-17-29-24(22(31)16-34-23)26(33)30-12-10-20(11-13-30)25(32)28-14-18-4-2-1-3-5-18/h1-9,17,20,23H,10-16H2,(H,28,32)/t23-/m0/s1. The van der Waals surface area contributed by atoms with Gasteiger partial charge in [0.2, 0.25) is 5.91 Å². The van der Waals surface area contributed by atoms with Crippen molar-refractivity contribution in [2.45, 2.75) is 38.6 Å². The Morgan fingerprint density at radius 3 is 2.53 bits per heavy atom. The van der Waals surface area contributed by atoms with Crippen LogP contribution in [0.1, 0.15) is 46.3 Å². The molecule has 8 heteroatoms. The Labute approximate surface area is 197 Å². The molecule has 0 aliphatic carbocycles. The molecule has 7 nitrogen and oxygen atoms in total. The van der Waals surface area contributed by atoms with Gasteiger partial charge < -0.3 is 19.5 Å². The van der Waals surface area contributed by atoms with Gasteiger partial charge in [0.05, 0.1) is 25.2 Å². The molecular weight excluding hydrogens is 435 g/mol. The maximum absolute atomic E-state index is 13.2. The lowest BCUT2D eigenvalue weighted by molar-refractivity contribution is -0.126. The number of rotatable bonds is 5. The summed E-state index contributed by atoms with van der Waals surface area (Å²) in [7, 11) is 0. The first-order chi connectivity index (χ1) is 16.6. The molecule has 0 spiro atoms. The number of hydrogen-bond donors (Lipinski definition) is 1. The Morgan fingerprint density at radius 1 is 1.06 bits per heavy atom. The largest absolute Gasteiger partial charge is 0.365 e. The molecule has 1 atom stereocenters. The molecule has 1 N–H and O–H groups in total. The van der Waals surface area contributed by atoms with Gasteiger partial charge in [-0.1, -0.05) is 42.5 Å². The highest BCUT2D eigenvalue weighted by Crippen LogP contribution is 2.29. The number of imidazole rings is 1. The first kappa shape index (κ1) is 22.3. The molecular formula is C26H27FN4O3. The molecule has 0 saturated carbocycles. The topological polar surface area (TPSA) is 76.5 Å². The van der Waals surface area contributed by atoms with Gasteiger partial charge in [0.15, 0.2) is 5.69 Å². The molecule has 1 saturated heterocycles.